The number of esters is 1. The van der Waals surface area contributed by atoms with Gasteiger partial charge in [0.05, 0.1) is 0 Å². The monoisotopic (exact) mass is 358 g/mol. The molecule has 2 heterocycles. The van der Waals surface area contributed by atoms with Crippen molar-refractivity contribution >= 4 is 17.7 Å². The minimum absolute atomic E-state index is 0.152. The lowest BCUT2D eigenvalue weighted by molar-refractivity contribution is -0.124. The molecule has 0 radical (unpaired) electrons. The van der Waals surface area contributed by atoms with Gasteiger partial charge in [0.15, 0.2) is 23.9 Å². The molecule has 1 N–H and O–H groups in total. The van der Waals surface area contributed by atoms with Gasteiger partial charge < -0.3 is 24.1 Å². The predicted molar refractivity (Wildman–Crippen MR) is 90.1 cm³/mol. The van der Waals surface area contributed by atoms with E-state index >= 15 is 0 Å². The summed E-state index contributed by atoms with van der Waals surface area (Å²) in [7, 11) is 1.63. The number of nitrogens with zero attached hydrogens (tertiary/aromatic N) is 1. The van der Waals surface area contributed by atoms with Crippen LogP contribution >= 0.6 is 0 Å². The fourth-order valence-corrected chi connectivity index (χ4v) is 2.47. The highest BCUT2D eigenvalue weighted by molar-refractivity contribution is 5.98. The standard InChI is InChI=1S/C18H18N2O6/c1-11(21)13-6-14(20(2)8-13)18(23)24-9-17(22)19-7-12-3-4-15-16(5-12)26-10-25-15/h3-6,8H,7,9-10H2,1-2H3,(H,19,22). The van der Waals surface area contributed by atoms with Crippen molar-refractivity contribution in [1.82, 2.24) is 9.88 Å². The molecule has 0 atom stereocenters. The maximum absolute atomic E-state index is 12.0. The quantitative estimate of drug-likeness (QED) is 0.620. The third-order valence-electron chi connectivity index (χ3n) is 3.88. The lowest BCUT2D eigenvalue weighted by Crippen LogP contribution is -2.28. The number of aryl methyl sites for hydroxylation is 1. The number of fused-ring (bicyclic) bond motifs is 1. The van der Waals surface area contributed by atoms with Crippen LogP contribution in [0.2, 0.25) is 0 Å². The summed E-state index contributed by atoms with van der Waals surface area (Å²) < 4.78 is 17.0. The molecule has 0 fully saturated rings. The average molecular weight is 358 g/mol. The lowest BCUT2D eigenvalue weighted by atomic mass is 10.2. The zero-order valence-electron chi connectivity index (χ0n) is 14.4. The summed E-state index contributed by atoms with van der Waals surface area (Å²) in [4.78, 5) is 35.3. The van der Waals surface area contributed by atoms with E-state index in [0.717, 1.165) is 5.56 Å². The summed E-state index contributed by atoms with van der Waals surface area (Å²) in [6, 6.07) is 6.80. The Morgan fingerprint density at radius 3 is 2.69 bits per heavy atom. The molecule has 136 valence electrons. The second-order valence-electron chi connectivity index (χ2n) is 5.82. The Hall–Kier alpha value is -3.29. The molecule has 0 saturated heterocycles. The van der Waals surface area contributed by atoms with E-state index in [1.165, 1.54) is 17.6 Å². The van der Waals surface area contributed by atoms with Crippen LogP contribution in [0.25, 0.3) is 0 Å². The molecule has 0 bridgehead atoms. The summed E-state index contributed by atoms with van der Waals surface area (Å²) in [6.07, 6.45) is 1.54. The van der Waals surface area contributed by atoms with Crippen LogP contribution in [0.5, 0.6) is 11.5 Å². The molecule has 0 unspecified atom stereocenters. The maximum Gasteiger partial charge on any atom is 0.355 e. The van der Waals surface area contributed by atoms with Gasteiger partial charge in [-0.2, -0.15) is 0 Å². The lowest BCUT2D eigenvalue weighted by Gasteiger charge is -2.07. The van der Waals surface area contributed by atoms with Crippen molar-refractivity contribution in [3.8, 4) is 11.5 Å². The minimum atomic E-state index is -0.668. The van der Waals surface area contributed by atoms with Crippen molar-refractivity contribution in [2.24, 2.45) is 7.05 Å². The molecule has 8 nitrogen and oxygen atoms in total. The second kappa shape index (κ2) is 7.30. The number of amides is 1. The van der Waals surface area contributed by atoms with Crippen molar-refractivity contribution < 1.29 is 28.6 Å². The number of rotatable bonds is 6. The van der Waals surface area contributed by atoms with Gasteiger partial charge in [-0.05, 0) is 30.7 Å². The summed E-state index contributed by atoms with van der Waals surface area (Å²) >= 11 is 0. The molecule has 2 aromatic rings. The molecular weight excluding hydrogens is 340 g/mol. The Morgan fingerprint density at radius 1 is 1.19 bits per heavy atom. The Kier molecular flexibility index (Phi) is 4.92. The van der Waals surface area contributed by atoms with Crippen LogP contribution in [-0.2, 0) is 23.1 Å². The molecule has 26 heavy (non-hydrogen) atoms. The van der Waals surface area contributed by atoms with Crippen LogP contribution in [0, 0.1) is 0 Å². The normalized spacial score (nSPS) is 11.9. The summed E-state index contributed by atoms with van der Waals surface area (Å²) in [5, 5.41) is 2.66. The Balaban J connectivity index is 1.49. The van der Waals surface area contributed by atoms with Gasteiger partial charge in [-0.15, -0.1) is 0 Å². The molecule has 0 saturated carbocycles. The fourth-order valence-electron chi connectivity index (χ4n) is 2.47. The number of carbonyl (C=O) groups is 3. The molecule has 1 aliphatic heterocycles. The van der Waals surface area contributed by atoms with E-state index in [0.29, 0.717) is 17.1 Å². The first-order valence-electron chi connectivity index (χ1n) is 7.93. The van der Waals surface area contributed by atoms with Gasteiger partial charge in [0, 0.05) is 25.4 Å². The Labute approximate surface area is 149 Å². The number of hydrogen-bond acceptors (Lipinski definition) is 6. The van der Waals surface area contributed by atoms with Gasteiger partial charge in [-0.25, -0.2) is 4.79 Å². The smallest absolute Gasteiger partial charge is 0.355 e. The van der Waals surface area contributed by atoms with Crippen LogP contribution in [0.15, 0.2) is 30.5 Å². The fraction of sp³-hybridized carbons (Fsp3) is 0.278. The average Bonchev–Trinajstić information content (AvgIpc) is 3.23. The number of nitrogens with one attached hydrogen (secondary N) is 1. The third-order valence-corrected chi connectivity index (χ3v) is 3.88. The Bertz CT molecular complexity index is 871. The van der Waals surface area contributed by atoms with Crippen LogP contribution in [-0.4, -0.2) is 35.6 Å². The number of benzene rings is 1. The Morgan fingerprint density at radius 2 is 1.96 bits per heavy atom. The maximum atomic E-state index is 12.0. The highest BCUT2D eigenvalue weighted by Gasteiger charge is 2.17. The number of ketones is 1. The number of ether oxygens (including phenoxy) is 3. The van der Waals surface area contributed by atoms with E-state index in [9.17, 15) is 14.4 Å². The van der Waals surface area contributed by atoms with E-state index in [4.69, 9.17) is 14.2 Å². The molecule has 0 spiro atoms. The van der Waals surface area contributed by atoms with Crippen LogP contribution in [0.1, 0.15) is 33.3 Å². The van der Waals surface area contributed by atoms with Gasteiger partial charge >= 0.3 is 5.97 Å². The zero-order valence-corrected chi connectivity index (χ0v) is 14.4. The summed E-state index contributed by atoms with van der Waals surface area (Å²) in [5.74, 6) is 0.0473. The molecule has 1 aromatic heterocycles. The van der Waals surface area contributed by atoms with Crippen molar-refractivity contribution in [3.05, 3.63) is 47.3 Å². The van der Waals surface area contributed by atoms with Crippen molar-refractivity contribution in [3.63, 3.8) is 0 Å². The minimum Gasteiger partial charge on any atom is -0.454 e. The SMILES string of the molecule is CC(=O)c1cc(C(=O)OCC(=O)NCc2ccc3c(c2)OCO3)n(C)c1. The molecule has 1 amide bonds. The third kappa shape index (κ3) is 3.85. The molecule has 3 rings (SSSR count). The summed E-state index contributed by atoms with van der Waals surface area (Å²) in [6.45, 7) is 1.45. The van der Waals surface area contributed by atoms with Crippen molar-refractivity contribution in [2.45, 2.75) is 13.5 Å². The first kappa shape index (κ1) is 17.5. The second-order valence-corrected chi connectivity index (χ2v) is 5.82. The largest absolute Gasteiger partial charge is 0.454 e. The number of carbonyl (C=O) groups excluding carboxylic acids is 3. The molecule has 0 aliphatic carbocycles. The van der Waals surface area contributed by atoms with Gasteiger partial charge in [0.25, 0.3) is 5.91 Å². The van der Waals surface area contributed by atoms with E-state index < -0.39 is 18.5 Å². The first-order chi connectivity index (χ1) is 12.4. The highest BCUT2D eigenvalue weighted by Crippen LogP contribution is 2.32. The van der Waals surface area contributed by atoms with E-state index in [-0.39, 0.29) is 24.8 Å². The van der Waals surface area contributed by atoms with Gasteiger partial charge in [-0.3, -0.25) is 9.59 Å². The van der Waals surface area contributed by atoms with Gasteiger partial charge in [0.2, 0.25) is 6.79 Å². The highest BCUT2D eigenvalue weighted by atomic mass is 16.7. The van der Waals surface area contributed by atoms with Gasteiger partial charge in [-0.1, -0.05) is 6.07 Å². The number of aromatic nitrogens is 1. The molecular formula is C18H18N2O6. The first-order valence-corrected chi connectivity index (χ1v) is 7.93. The topological polar surface area (TPSA) is 95.9 Å². The molecule has 1 aromatic carbocycles. The van der Waals surface area contributed by atoms with Crippen LogP contribution in [0.4, 0.5) is 0 Å². The van der Waals surface area contributed by atoms with E-state index in [1.54, 1.807) is 25.4 Å². The van der Waals surface area contributed by atoms with Crippen molar-refractivity contribution in [2.75, 3.05) is 13.4 Å². The molecule has 8 heteroatoms. The van der Waals surface area contributed by atoms with Crippen molar-refractivity contribution in [1.29, 1.82) is 0 Å². The number of Topliss-reactive ketones (excluding diaryl/α,β-unsaturated/α-hetero) is 1. The number of hydrogen-bond donors (Lipinski definition) is 1. The predicted octanol–water partition coefficient (Wildman–Crippen LogP) is 1.43. The summed E-state index contributed by atoms with van der Waals surface area (Å²) in [5.41, 5.74) is 1.45. The van der Waals surface area contributed by atoms with E-state index in [2.05, 4.69) is 5.32 Å². The molecule has 1 aliphatic rings. The van der Waals surface area contributed by atoms with Crippen LogP contribution < -0.4 is 14.8 Å². The van der Waals surface area contributed by atoms with E-state index in [1.807, 2.05) is 6.07 Å². The van der Waals surface area contributed by atoms with Gasteiger partial charge in [0.1, 0.15) is 5.69 Å². The van der Waals surface area contributed by atoms with Crippen LogP contribution in [0.3, 0.4) is 0 Å². The zero-order chi connectivity index (χ0) is 18.7.